The van der Waals surface area contributed by atoms with E-state index in [1.807, 2.05) is 36.4 Å². The van der Waals surface area contributed by atoms with Crippen molar-refractivity contribution in [1.82, 2.24) is 9.97 Å². The Hall–Kier alpha value is -2.22. The van der Waals surface area contributed by atoms with Crippen LogP contribution in [0.3, 0.4) is 0 Å². The lowest BCUT2D eigenvalue weighted by atomic mass is 10.1. The first-order valence-electron chi connectivity index (χ1n) is 9.06. The molecule has 1 N–H and O–H groups in total. The molecule has 0 radical (unpaired) electrons. The zero-order valence-corrected chi connectivity index (χ0v) is 21.1. The summed E-state index contributed by atoms with van der Waals surface area (Å²) in [5, 5.41) is 9.64. The van der Waals surface area contributed by atoms with Crippen LogP contribution in [-0.2, 0) is 6.61 Å². The van der Waals surface area contributed by atoms with Crippen molar-refractivity contribution in [2.75, 3.05) is 0 Å². The van der Waals surface area contributed by atoms with Gasteiger partial charge >= 0.3 is 0 Å². The number of fused-ring (bicyclic) bond motifs is 1. The van der Waals surface area contributed by atoms with Gasteiger partial charge in [0.15, 0.2) is 0 Å². The molecule has 0 unspecified atom stereocenters. The fourth-order valence-electron chi connectivity index (χ4n) is 2.97. The summed E-state index contributed by atoms with van der Waals surface area (Å²) < 4.78 is 22.1. The zero-order chi connectivity index (χ0) is 22.0. The van der Waals surface area contributed by atoms with Crippen molar-refractivity contribution in [2.45, 2.75) is 6.61 Å². The van der Waals surface area contributed by atoms with Gasteiger partial charge < -0.3 is 9.72 Å². The Morgan fingerprint density at radius 1 is 1.13 bits per heavy atom. The van der Waals surface area contributed by atoms with E-state index in [0.717, 1.165) is 20.1 Å². The Morgan fingerprint density at radius 2 is 1.84 bits per heavy atom. The third kappa shape index (κ3) is 5.17. The third-order valence-corrected chi connectivity index (χ3v) is 6.34. The molecule has 0 amide bonds. The molecule has 31 heavy (non-hydrogen) atoms. The van der Waals surface area contributed by atoms with Gasteiger partial charge in [0.2, 0.25) is 0 Å². The summed E-state index contributed by atoms with van der Waals surface area (Å²) in [6.07, 6.45) is 1.71. The van der Waals surface area contributed by atoms with E-state index in [1.165, 1.54) is 15.7 Å². The highest BCUT2D eigenvalue weighted by Crippen LogP contribution is 2.36. The minimum atomic E-state index is -0.362. The monoisotopic (exact) mass is 651 g/mol. The van der Waals surface area contributed by atoms with E-state index in [1.54, 1.807) is 12.1 Å². The number of hydrogen-bond donors (Lipinski definition) is 1. The van der Waals surface area contributed by atoms with Gasteiger partial charge in [-0.1, -0.05) is 12.1 Å². The molecule has 0 aliphatic rings. The molecule has 0 bridgehead atoms. The number of nitrogens with zero attached hydrogens (tertiary/aromatic N) is 2. The molecular formula is C23H13Br2FIN3O. The Bertz CT molecular complexity index is 1320. The van der Waals surface area contributed by atoms with Gasteiger partial charge in [0.1, 0.15) is 30.1 Å². The standard InChI is InChI=1S/C23H13Br2FIN3O/c24-18-8-14(9-19(25)22(18)31-12-13-1-4-17(27)5-2-13)7-15(11-28)23-29-20-6-3-16(26)10-21(20)30-23/h1-10H,12H2,(H,29,30)/b15-7-. The summed E-state index contributed by atoms with van der Waals surface area (Å²) in [5.74, 6) is 0.696. The molecular weight excluding hydrogens is 640 g/mol. The minimum Gasteiger partial charge on any atom is -0.487 e. The second-order valence-electron chi connectivity index (χ2n) is 6.65. The molecule has 1 heterocycles. The molecule has 4 aromatic rings. The number of benzene rings is 3. The van der Waals surface area contributed by atoms with E-state index in [0.29, 0.717) is 34.8 Å². The zero-order valence-electron chi connectivity index (χ0n) is 15.8. The smallest absolute Gasteiger partial charge is 0.149 e. The van der Waals surface area contributed by atoms with Gasteiger partial charge in [-0.25, -0.2) is 9.37 Å². The first kappa shape index (κ1) is 22.0. The number of ether oxygens (including phenoxy) is 1. The van der Waals surface area contributed by atoms with Crippen LogP contribution in [0, 0.1) is 20.7 Å². The molecule has 0 aliphatic carbocycles. The van der Waals surface area contributed by atoms with Gasteiger partial charge in [0.05, 0.1) is 25.6 Å². The summed E-state index contributed by atoms with van der Waals surface area (Å²) in [7, 11) is 0. The van der Waals surface area contributed by atoms with Crippen molar-refractivity contribution >= 4 is 77.1 Å². The van der Waals surface area contributed by atoms with Crippen LogP contribution < -0.4 is 4.74 Å². The van der Waals surface area contributed by atoms with Crippen molar-refractivity contribution in [3.63, 3.8) is 0 Å². The van der Waals surface area contributed by atoms with E-state index in [4.69, 9.17) is 4.74 Å². The topological polar surface area (TPSA) is 61.7 Å². The third-order valence-electron chi connectivity index (χ3n) is 4.45. The first-order valence-corrected chi connectivity index (χ1v) is 11.7. The molecule has 4 nitrogen and oxygen atoms in total. The molecule has 0 fully saturated rings. The Kier molecular flexibility index (Phi) is 6.74. The van der Waals surface area contributed by atoms with Crippen molar-refractivity contribution < 1.29 is 9.13 Å². The van der Waals surface area contributed by atoms with Crippen molar-refractivity contribution in [3.05, 3.63) is 89.9 Å². The van der Waals surface area contributed by atoms with Crippen LogP contribution in [0.4, 0.5) is 4.39 Å². The molecule has 8 heteroatoms. The SMILES string of the molecule is N#C/C(=C/c1cc(Br)c(OCc2ccc(I)cc2)c(Br)c1)c1nc2ccc(F)cc2[nH]1. The van der Waals surface area contributed by atoms with Crippen LogP contribution in [0.1, 0.15) is 17.0 Å². The lowest BCUT2D eigenvalue weighted by molar-refractivity contribution is 0.302. The molecule has 4 rings (SSSR count). The largest absolute Gasteiger partial charge is 0.487 e. The molecule has 3 aromatic carbocycles. The highest BCUT2D eigenvalue weighted by molar-refractivity contribution is 14.1. The van der Waals surface area contributed by atoms with Crippen LogP contribution in [0.15, 0.2) is 63.5 Å². The molecule has 0 saturated heterocycles. The quantitative estimate of drug-likeness (QED) is 0.180. The molecule has 0 saturated carbocycles. The normalized spacial score (nSPS) is 11.5. The van der Waals surface area contributed by atoms with Gasteiger partial charge in [-0.15, -0.1) is 0 Å². The second-order valence-corrected chi connectivity index (χ2v) is 9.60. The highest BCUT2D eigenvalue weighted by Gasteiger charge is 2.12. The number of halogens is 4. The van der Waals surface area contributed by atoms with Gasteiger partial charge in [-0.05, 0) is 114 Å². The van der Waals surface area contributed by atoms with E-state index in [-0.39, 0.29) is 5.82 Å². The summed E-state index contributed by atoms with van der Waals surface area (Å²) in [6.45, 7) is 0.433. The van der Waals surface area contributed by atoms with E-state index < -0.39 is 0 Å². The maximum Gasteiger partial charge on any atom is 0.149 e. The second kappa shape index (κ2) is 9.51. The van der Waals surface area contributed by atoms with Crippen LogP contribution in [0.2, 0.25) is 0 Å². The fourth-order valence-corrected chi connectivity index (χ4v) is 4.78. The molecule has 0 spiro atoms. The predicted molar refractivity (Wildman–Crippen MR) is 135 cm³/mol. The number of nitriles is 1. The molecule has 1 aromatic heterocycles. The number of allylic oxidation sites excluding steroid dienone is 1. The number of rotatable bonds is 5. The van der Waals surface area contributed by atoms with E-state index >= 15 is 0 Å². The van der Waals surface area contributed by atoms with Crippen LogP contribution >= 0.6 is 54.5 Å². The molecule has 0 atom stereocenters. The van der Waals surface area contributed by atoms with Crippen molar-refractivity contribution in [3.8, 4) is 11.8 Å². The lowest BCUT2D eigenvalue weighted by Crippen LogP contribution is -1.97. The maximum absolute atomic E-state index is 13.4. The van der Waals surface area contributed by atoms with Gasteiger partial charge in [0.25, 0.3) is 0 Å². The number of hydrogen-bond acceptors (Lipinski definition) is 3. The number of nitrogens with one attached hydrogen (secondary N) is 1. The summed E-state index contributed by atoms with van der Waals surface area (Å²) in [4.78, 5) is 7.39. The van der Waals surface area contributed by atoms with Gasteiger partial charge in [-0.2, -0.15) is 5.26 Å². The van der Waals surface area contributed by atoms with Crippen LogP contribution in [-0.4, -0.2) is 9.97 Å². The van der Waals surface area contributed by atoms with E-state index in [9.17, 15) is 9.65 Å². The number of aromatic nitrogens is 2. The number of aromatic amines is 1. The fraction of sp³-hybridized carbons (Fsp3) is 0.0435. The molecule has 0 aliphatic heterocycles. The van der Waals surface area contributed by atoms with Crippen LogP contribution in [0.5, 0.6) is 5.75 Å². The van der Waals surface area contributed by atoms with Gasteiger partial charge in [0, 0.05) is 3.57 Å². The summed E-state index contributed by atoms with van der Waals surface area (Å²) in [5.41, 5.74) is 3.32. The van der Waals surface area contributed by atoms with Crippen molar-refractivity contribution in [2.24, 2.45) is 0 Å². The highest BCUT2D eigenvalue weighted by atomic mass is 127. The Labute approximate surface area is 208 Å². The average Bonchev–Trinajstić information content (AvgIpc) is 3.15. The average molecular weight is 653 g/mol. The number of H-pyrrole nitrogens is 1. The summed E-state index contributed by atoms with van der Waals surface area (Å²) in [6, 6.07) is 18.3. The Morgan fingerprint density at radius 3 is 2.52 bits per heavy atom. The Balaban J connectivity index is 1.60. The lowest BCUT2D eigenvalue weighted by Gasteiger charge is -2.12. The van der Waals surface area contributed by atoms with Crippen LogP contribution in [0.25, 0.3) is 22.7 Å². The van der Waals surface area contributed by atoms with E-state index in [2.05, 4.69) is 70.5 Å². The molecule has 154 valence electrons. The summed E-state index contributed by atoms with van der Waals surface area (Å²) >= 11 is 9.37. The predicted octanol–water partition coefficient (Wildman–Crippen LogP) is 7.47. The van der Waals surface area contributed by atoms with Crippen molar-refractivity contribution in [1.29, 1.82) is 5.26 Å². The minimum absolute atomic E-state index is 0.336. The first-order chi connectivity index (χ1) is 14.9. The maximum atomic E-state index is 13.4. The number of imidazole rings is 1. The van der Waals surface area contributed by atoms with Gasteiger partial charge in [-0.3, -0.25) is 0 Å².